The third-order valence-electron chi connectivity index (χ3n) is 5.58. The Labute approximate surface area is 188 Å². The number of hydrogen-bond donors (Lipinski definition) is 1. The van der Waals surface area contributed by atoms with E-state index in [4.69, 9.17) is 9.47 Å². The summed E-state index contributed by atoms with van der Waals surface area (Å²) in [7, 11) is 1.61. The summed E-state index contributed by atoms with van der Waals surface area (Å²) in [6.45, 7) is 8.51. The summed E-state index contributed by atoms with van der Waals surface area (Å²) in [6, 6.07) is 7.77. The van der Waals surface area contributed by atoms with Crippen LogP contribution in [-0.2, 0) is 11.3 Å². The van der Waals surface area contributed by atoms with Gasteiger partial charge in [0.15, 0.2) is 28.6 Å². The SMILES string of the molecule is C=CCn1c(SCC(=O)NC2CCCCC2C)nnc1C(C)Oc1ccccc1OC. The summed E-state index contributed by atoms with van der Waals surface area (Å²) in [5, 5.41) is 12.5. The number of allylic oxidation sites excluding steroid dienone is 1. The van der Waals surface area contributed by atoms with Crippen molar-refractivity contribution in [2.45, 2.75) is 63.4 Å². The Morgan fingerprint density at radius 3 is 2.77 bits per heavy atom. The van der Waals surface area contributed by atoms with E-state index in [1.807, 2.05) is 35.8 Å². The summed E-state index contributed by atoms with van der Waals surface area (Å²) in [6.07, 6.45) is 6.12. The average Bonchev–Trinajstić information content (AvgIpc) is 3.17. The van der Waals surface area contributed by atoms with Crippen LogP contribution < -0.4 is 14.8 Å². The first-order valence-corrected chi connectivity index (χ1v) is 11.8. The van der Waals surface area contributed by atoms with E-state index >= 15 is 0 Å². The van der Waals surface area contributed by atoms with E-state index in [2.05, 4.69) is 29.0 Å². The van der Waals surface area contributed by atoms with Crippen molar-refractivity contribution in [2.24, 2.45) is 5.92 Å². The van der Waals surface area contributed by atoms with Gasteiger partial charge in [0.2, 0.25) is 5.91 Å². The van der Waals surface area contributed by atoms with Gasteiger partial charge < -0.3 is 14.8 Å². The predicted octanol–water partition coefficient (Wildman–Crippen LogP) is 4.40. The number of amides is 1. The molecule has 1 saturated carbocycles. The normalized spacial score (nSPS) is 19.5. The molecule has 1 aliphatic rings. The first-order chi connectivity index (χ1) is 15.0. The van der Waals surface area contributed by atoms with E-state index < -0.39 is 0 Å². The van der Waals surface area contributed by atoms with Gasteiger partial charge in [-0.2, -0.15) is 0 Å². The second kappa shape index (κ2) is 11.2. The maximum absolute atomic E-state index is 12.5. The summed E-state index contributed by atoms with van der Waals surface area (Å²) in [5.74, 6) is 2.85. The number of nitrogens with one attached hydrogen (secondary N) is 1. The number of rotatable bonds is 10. The van der Waals surface area contributed by atoms with Crippen LogP contribution in [0, 0.1) is 5.92 Å². The first-order valence-electron chi connectivity index (χ1n) is 10.8. The molecular weight excluding hydrogens is 412 g/mol. The molecule has 0 spiro atoms. The monoisotopic (exact) mass is 444 g/mol. The quantitative estimate of drug-likeness (QED) is 0.432. The molecule has 1 aliphatic carbocycles. The molecule has 1 fully saturated rings. The van der Waals surface area contributed by atoms with Gasteiger partial charge in [0, 0.05) is 12.6 Å². The van der Waals surface area contributed by atoms with Crippen LogP contribution in [0.3, 0.4) is 0 Å². The van der Waals surface area contributed by atoms with Gasteiger partial charge in [-0.15, -0.1) is 16.8 Å². The topological polar surface area (TPSA) is 78.3 Å². The molecule has 1 amide bonds. The van der Waals surface area contributed by atoms with Gasteiger partial charge in [0.25, 0.3) is 0 Å². The smallest absolute Gasteiger partial charge is 0.230 e. The van der Waals surface area contributed by atoms with Crippen molar-refractivity contribution in [2.75, 3.05) is 12.9 Å². The minimum atomic E-state index is -0.352. The minimum Gasteiger partial charge on any atom is -0.493 e. The molecule has 1 N–H and O–H groups in total. The van der Waals surface area contributed by atoms with Crippen LogP contribution in [0.5, 0.6) is 11.5 Å². The first kappa shape index (κ1) is 23.2. The fourth-order valence-corrected chi connectivity index (χ4v) is 4.64. The van der Waals surface area contributed by atoms with Crippen molar-refractivity contribution in [3.8, 4) is 11.5 Å². The van der Waals surface area contributed by atoms with Crippen LogP contribution in [0.4, 0.5) is 0 Å². The Morgan fingerprint density at radius 1 is 1.32 bits per heavy atom. The van der Waals surface area contributed by atoms with Gasteiger partial charge >= 0.3 is 0 Å². The number of methoxy groups -OCH3 is 1. The molecule has 3 atom stereocenters. The van der Waals surface area contributed by atoms with Crippen LogP contribution in [0.1, 0.15) is 51.5 Å². The Kier molecular flexibility index (Phi) is 8.40. The number of para-hydroxylation sites is 2. The summed E-state index contributed by atoms with van der Waals surface area (Å²) >= 11 is 1.39. The molecule has 3 rings (SSSR count). The fraction of sp³-hybridized carbons (Fsp3) is 0.522. The molecule has 2 aromatic rings. The number of hydrogen-bond acceptors (Lipinski definition) is 6. The number of nitrogens with zero attached hydrogens (tertiary/aromatic N) is 3. The summed E-state index contributed by atoms with van der Waals surface area (Å²) in [5.41, 5.74) is 0. The van der Waals surface area contributed by atoms with E-state index in [-0.39, 0.29) is 18.1 Å². The van der Waals surface area contributed by atoms with Crippen molar-refractivity contribution < 1.29 is 14.3 Å². The third-order valence-corrected chi connectivity index (χ3v) is 6.55. The zero-order valence-corrected chi connectivity index (χ0v) is 19.4. The van der Waals surface area contributed by atoms with E-state index in [1.165, 1.54) is 31.0 Å². The highest BCUT2D eigenvalue weighted by Gasteiger charge is 2.24. The second-order valence-electron chi connectivity index (χ2n) is 7.88. The number of carbonyl (C=O) groups is 1. The highest BCUT2D eigenvalue weighted by molar-refractivity contribution is 7.99. The molecule has 7 nitrogen and oxygen atoms in total. The molecule has 168 valence electrons. The standard InChI is InChI=1S/C23H32N4O3S/c1-5-14-27-22(17(3)30-20-13-9-8-12-19(20)29-4)25-26-23(27)31-15-21(28)24-18-11-7-6-10-16(18)2/h5,8-9,12-13,16-18H,1,6-7,10-11,14-15H2,2-4H3,(H,24,28). The Balaban J connectivity index is 1.65. The molecular formula is C23H32N4O3S. The van der Waals surface area contributed by atoms with Gasteiger partial charge in [0.1, 0.15) is 0 Å². The summed E-state index contributed by atoms with van der Waals surface area (Å²) in [4.78, 5) is 12.5. The highest BCUT2D eigenvalue weighted by Crippen LogP contribution is 2.31. The molecule has 1 aromatic carbocycles. The maximum atomic E-state index is 12.5. The lowest BCUT2D eigenvalue weighted by atomic mass is 9.86. The lowest BCUT2D eigenvalue weighted by Gasteiger charge is -2.29. The Morgan fingerprint density at radius 2 is 2.06 bits per heavy atom. The van der Waals surface area contributed by atoms with Gasteiger partial charge in [-0.05, 0) is 37.8 Å². The van der Waals surface area contributed by atoms with E-state index in [1.54, 1.807) is 13.2 Å². The zero-order valence-electron chi connectivity index (χ0n) is 18.5. The van der Waals surface area contributed by atoms with Gasteiger partial charge in [-0.25, -0.2) is 0 Å². The fourth-order valence-electron chi connectivity index (χ4n) is 3.88. The van der Waals surface area contributed by atoms with Crippen LogP contribution in [-0.4, -0.2) is 39.6 Å². The maximum Gasteiger partial charge on any atom is 0.230 e. The molecule has 1 aromatic heterocycles. The number of aromatic nitrogens is 3. The summed E-state index contributed by atoms with van der Waals surface area (Å²) < 4.78 is 13.4. The molecule has 0 bridgehead atoms. The van der Waals surface area contributed by atoms with Crippen LogP contribution >= 0.6 is 11.8 Å². The van der Waals surface area contributed by atoms with Gasteiger partial charge in [-0.1, -0.05) is 49.7 Å². The van der Waals surface area contributed by atoms with Crippen LogP contribution in [0.25, 0.3) is 0 Å². The largest absolute Gasteiger partial charge is 0.493 e. The highest BCUT2D eigenvalue weighted by atomic mass is 32.2. The Hall–Kier alpha value is -2.48. The number of ether oxygens (including phenoxy) is 2. The zero-order chi connectivity index (χ0) is 22.2. The van der Waals surface area contributed by atoms with Crippen molar-refractivity contribution in [1.82, 2.24) is 20.1 Å². The Bertz CT molecular complexity index is 885. The molecule has 0 radical (unpaired) electrons. The van der Waals surface area contributed by atoms with Crippen LogP contribution in [0.2, 0.25) is 0 Å². The van der Waals surface area contributed by atoms with E-state index in [9.17, 15) is 4.79 Å². The molecule has 0 aliphatic heterocycles. The lowest BCUT2D eigenvalue weighted by Crippen LogP contribution is -2.41. The predicted molar refractivity (Wildman–Crippen MR) is 123 cm³/mol. The lowest BCUT2D eigenvalue weighted by molar-refractivity contribution is -0.119. The molecule has 31 heavy (non-hydrogen) atoms. The van der Waals surface area contributed by atoms with E-state index in [0.29, 0.717) is 40.7 Å². The molecule has 1 heterocycles. The number of benzene rings is 1. The van der Waals surface area contributed by atoms with Crippen molar-refractivity contribution in [3.05, 3.63) is 42.7 Å². The van der Waals surface area contributed by atoms with Crippen molar-refractivity contribution in [3.63, 3.8) is 0 Å². The van der Waals surface area contributed by atoms with E-state index in [0.717, 1.165) is 6.42 Å². The van der Waals surface area contributed by atoms with Crippen LogP contribution in [0.15, 0.2) is 42.1 Å². The molecule has 3 unspecified atom stereocenters. The molecule has 8 heteroatoms. The van der Waals surface area contributed by atoms with Crippen molar-refractivity contribution >= 4 is 17.7 Å². The average molecular weight is 445 g/mol. The van der Waals surface area contributed by atoms with Gasteiger partial charge in [0.05, 0.1) is 12.9 Å². The van der Waals surface area contributed by atoms with Crippen molar-refractivity contribution in [1.29, 1.82) is 0 Å². The number of carbonyl (C=O) groups excluding carboxylic acids is 1. The van der Waals surface area contributed by atoms with Gasteiger partial charge in [-0.3, -0.25) is 9.36 Å². The molecule has 0 saturated heterocycles. The second-order valence-corrected chi connectivity index (χ2v) is 8.82. The number of thioether (sulfide) groups is 1. The third kappa shape index (κ3) is 6.03. The minimum absolute atomic E-state index is 0.0387.